The standard InChI is InChI=1S/C25H21Cl/c1-25(2)23(24(25)20-13-15-21(26)16-14-20)17-22(18-9-5-3-6-10-18)19-11-7-4-8-12-19/h3-17H,1-2H3. The lowest BCUT2D eigenvalue weighted by Crippen LogP contribution is -1.93. The second-order valence-corrected chi connectivity index (χ2v) is 7.65. The van der Waals surface area contributed by atoms with E-state index >= 15 is 0 Å². The van der Waals surface area contributed by atoms with Crippen molar-refractivity contribution in [2.75, 3.05) is 0 Å². The minimum Gasteiger partial charge on any atom is -0.0843 e. The Hall–Kier alpha value is -2.57. The van der Waals surface area contributed by atoms with Crippen LogP contribution in [0.4, 0.5) is 0 Å². The predicted octanol–water partition coefficient (Wildman–Crippen LogP) is 7.27. The number of rotatable bonds is 4. The molecular weight excluding hydrogens is 336 g/mol. The Morgan fingerprint density at radius 1 is 0.731 bits per heavy atom. The maximum Gasteiger partial charge on any atom is 0.0406 e. The number of halogens is 1. The second kappa shape index (κ2) is 6.63. The van der Waals surface area contributed by atoms with E-state index in [-0.39, 0.29) is 5.41 Å². The van der Waals surface area contributed by atoms with Crippen LogP contribution in [-0.4, -0.2) is 0 Å². The van der Waals surface area contributed by atoms with E-state index in [1.807, 2.05) is 12.1 Å². The summed E-state index contributed by atoms with van der Waals surface area (Å²) in [7, 11) is 0. The third kappa shape index (κ3) is 3.13. The molecule has 0 N–H and O–H groups in total. The van der Waals surface area contributed by atoms with E-state index in [0.717, 1.165) is 5.02 Å². The van der Waals surface area contributed by atoms with Gasteiger partial charge in [0.1, 0.15) is 0 Å². The summed E-state index contributed by atoms with van der Waals surface area (Å²) >= 11 is 6.06. The summed E-state index contributed by atoms with van der Waals surface area (Å²) in [5, 5.41) is 0.777. The molecule has 1 heteroatoms. The van der Waals surface area contributed by atoms with Crippen molar-refractivity contribution in [3.8, 4) is 0 Å². The van der Waals surface area contributed by atoms with Crippen molar-refractivity contribution in [1.29, 1.82) is 0 Å². The zero-order valence-electron chi connectivity index (χ0n) is 15.0. The van der Waals surface area contributed by atoms with Gasteiger partial charge in [-0.3, -0.25) is 0 Å². The predicted molar refractivity (Wildman–Crippen MR) is 112 cm³/mol. The molecule has 3 aromatic carbocycles. The fourth-order valence-corrected chi connectivity index (χ4v) is 3.72. The van der Waals surface area contributed by atoms with Gasteiger partial charge >= 0.3 is 0 Å². The van der Waals surface area contributed by atoms with E-state index in [1.165, 1.54) is 33.4 Å². The molecule has 0 unspecified atom stereocenters. The maximum absolute atomic E-state index is 6.06. The van der Waals surface area contributed by atoms with E-state index in [2.05, 4.69) is 92.7 Å². The summed E-state index contributed by atoms with van der Waals surface area (Å²) in [6.45, 7) is 4.58. The quantitative estimate of drug-likeness (QED) is 0.461. The van der Waals surface area contributed by atoms with Crippen molar-refractivity contribution in [2.45, 2.75) is 13.8 Å². The second-order valence-electron chi connectivity index (χ2n) is 7.21. The lowest BCUT2D eigenvalue weighted by Gasteiger charge is -2.09. The summed E-state index contributed by atoms with van der Waals surface area (Å²) in [6, 6.07) is 29.4. The van der Waals surface area contributed by atoms with E-state index in [1.54, 1.807) is 0 Å². The Kier molecular flexibility index (Phi) is 4.30. The molecule has 0 bridgehead atoms. The third-order valence-corrected chi connectivity index (χ3v) is 5.35. The molecule has 128 valence electrons. The van der Waals surface area contributed by atoms with Crippen LogP contribution >= 0.6 is 11.6 Å². The minimum absolute atomic E-state index is 0.0860. The molecule has 3 aromatic rings. The van der Waals surface area contributed by atoms with Crippen LogP contribution in [0.15, 0.2) is 96.6 Å². The first-order chi connectivity index (χ1) is 12.6. The van der Waals surface area contributed by atoms with E-state index in [9.17, 15) is 0 Å². The van der Waals surface area contributed by atoms with Crippen LogP contribution in [0.2, 0.25) is 5.02 Å². The first kappa shape index (κ1) is 16.9. The van der Waals surface area contributed by atoms with Gasteiger partial charge in [0.15, 0.2) is 0 Å². The van der Waals surface area contributed by atoms with Gasteiger partial charge in [-0.25, -0.2) is 0 Å². The first-order valence-corrected chi connectivity index (χ1v) is 9.29. The monoisotopic (exact) mass is 356 g/mol. The lowest BCUT2D eigenvalue weighted by molar-refractivity contribution is 0.724. The Bertz CT molecular complexity index is 934. The van der Waals surface area contributed by atoms with Gasteiger partial charge in [-0.05, 0) is 51.6 Å². The molecule has 0 saturated heterocycles. The average Bonchev–Trinajstić information content (AvgIpc) is 3.22. The zero-order chi connectivity index (χ0) is 18.1. The van der Waals surface area contributed by atoms with Crippen LogP contribution in [0.3, 0.4) is 0 Å². The molecule has 0 atom stereocenters. The molecule has 1 aliphatic carbocycles. The highest BCUT2D eigenvalue weighted by Crippen LogP contribution is 2.59. The van der Waals surface area contributed by atoms with Gasteiger partial charge in [0.2, 0.25) is 0 Å². The van der Waals surface area contributed by atoms with Crippen LogP contribution in [-0.2, 0) is 0 Å². The number of hydrogen-bond acceptors (Lipinski definition) is 0. The van der Waals surface area contributed by atoms with Crippen LogP contribution in [0.1, 0.15) is 30.5 Å². The Labute approximate surface area is 160 Å². The van der Waals surface area contributed by atoms with Gasteiger partial charge in [0.25, 0.3) is 0 Å². The SMILES string of the molecule is CC1(C)C(C=C(c2ccccc2)c2ccccc2)=C1c1ccc(Cl)cc1. The van der Waals surface area contributed by atoms with Crippen molar-refractivity contribution < 1.29 is 0 Å². The van der Waals surface area contributed by atoms with Crippen molar-refractivity contribution >= 4 is 22.7 Å². The molecule has 0 spiro atoms. The Morgan fingerprint density at radius 2 is 1.23 bits per heavy atom. The lowest BCUT2D eigenvalue weighted by atomic mass is 9.94. The zero-order valence-corrected chi connectivity index (χ0v) is 15.8. The average molecular weight is 357 g/mol. The number of benzene rings is 3. The largest absolute Gasteiger partial charge is 0.0843 e. The molecule has 4 rings (SSSR count). The molecule has 0 fully saturated rings. The number of hydrogen-bond donors (Lipinski definition) is 0. The fourth-order valence-electron chi connectivity index (χ4n) is 3.60. The van der Waals surface area contributed by atoms with Crippen molar-refractivity contribution in [1.82, 2.24) is 0 Å². The van der Waals surface area contributed by atoms with Crippen molar-refractivity contribution in [3.05, 3.63) is 118 Å². The smallest absolute Gasteiger partial charge is 0.0406 e. The van der Waals surface area contributed by atoms with E-state index in [4.69, 9.17) is 11.6 Å². The molecule has 1 aliphatic rings. The topological polar surface area (TPSA) is 0 Å². The molecule has 26 heavy (non-hydrogen) atoms. The Balaban J connectivity index is 1.83. The summed E-state index contributed by atoms with van der Waals surface area (Å²) < 4.78 is 0. The van der Waals surface area contributed by atoms with Crippen molar-refractivity contribution in [3.63, 3.8) is 0 Å². The van der Waals surface area contributed by atoms with Crippen molar-refractivity contribution in [2.24, 2.45) is 5.41 Å². The molecule has 0 aromatic heterocycles. The normalized spacial score (nSPS) is 14.9. The summed E-state index contributed by atoms with van der Waals surface area (Å²) in [5.41, 5.74) is 7.88. The summed E-state index contributed by atoms with van der Waals surface area (Å²) in [5.74, 6) is 0. The number of allylic oxidation sites excluding steroid dienone is 3. The first-order valence-electron chi connectivity index (χ1n) is 8.91. The minimum atomic E-state index is 0.0860. The van der Waals surface area contributed by atoms with Gasteiger partial charge in [-0.2, -0.15) is 0 Å². The van der Waals surface area contributed by atoms with Gasteiger partial charge in [0, 0.05) is 10.4 Å². The molecular formula is C25H21Cl. The molecule has 0 radical (unpaired) electrons. The highest BCUT2D eigenvalue weighted by Gasteiger charge is 2.44. The van der Waals surface area contributed by atoms with Gasteiger partial charge < -0.3 is 0 Å². The van der Waals surface area contributed by atoms with Gasteiger partial charge in [0.05, 0.1) is 0 Å². The van der Waals surface area contributed by atoms with Gasteiger partial charge in [-0.15, -0.1) is 0 Å². The molecule has 0 saturated carbocycles. The highest BCUT2D eigenvalue weighted by molar-refractivity contribution is 6.30. The third-order valence-electron chi connectivity index (χ3n) is 5.10. The highest BCUT2D eigenvalue weighted by atomic mass is 35.5. The van der Waals surface area contributed by atoms with Crippen LogP contribution in [0, 0.1) is 5.41 Å². The van der Waals surface area contributed by atoms with Crippen LogP contribution < -0.4 is 0 Å². The molecule has 0 amide bonds. The molecule has 0 nitrogen and oxygen atoms in total. The van der Waals surface area contributed by atoms with E-state index in [0.29, 0.717) is 0 Å². The molecule has 0 aliphatic heterocycles. The fraction of sp³-hybridized carbons (Fsp3) is 0.120. The maximum atomic E-state index is 6.06. The Morgan fingerprint density at radius 3 is 1.73 bits per heavy atom. The van der Waals surface area contributed by atoms with E-state index < -0.39 is 0 Å². The van der Waals surface area contributed by atoms with Gasteiger partial charge in [-0.1, -0.05) is 98.2 Å². The van der Waals surface area contributed by atoms with Crippen LogP contribution in [0.25, 0.3) is 11.1 Å². The summed E-state index contributed by atoms with van der Waals surface area (Å²) in [6.07, 6.45) is 2.36. The van der Waals surface area contributed by atoms with Crippen LogP contribution in [0.5, 0.6) is 0 Å². The summed E-state index contributed by atoms with van der Waals surface area (Å²) in [4.78, 5) is 0. The molecule has 0 heterocycles.